The van der Waals surface area contributed by atoms with Gasteiger partial charge in [0.1, 0.15) is 5.75 Å². The normalized spacial score (nSPS) is 10.8. The zero-order valence-corrected chi connectivity index (χ0v) is 22.0. The smallest absolute Gasteiger partial charge is 0.343 e. The average molecular weight is 544 g/mol. The van der Waals surface area contributed by atoms with E-state index in [9.17, 15) is 14.4 Å². The second-order valence-electron chi connectivity index (χ2n) is 8.33. The number of benzene rings is 2. The maximum absolute atomic E-state index is 12.6. The molecule has 0 aromatic heterocycles. The van der Waals surface area contributed by atoms with Crippen molar-refractivity contribution in [3.8, 4) is 5.75 Å². The second-order valence-corrected chi connectivity index (χ2v) is 9.24. The summed E-state index contributed by atoms with van der Waals surface area (Å²) in [5, 5.41) is 6.55. The Labute approximate surface area is 215 Å². The first-order chi connectivity index (χ1) is 16.9. The van der Waals surface area contributed by atoms with Gasteiger partial charge >= 0.3 is 5.97 Å². The monoisotopic (exact) mass is 543 g/mol. The van der Waals surface area contributed by atoms with E-state index in [2.05, 4.69) is 38.7 Å². The molecule has 0 radical (unpaired) electrons. The lowest BCUT2D eigenvalue weighted by molar-refractivity contribution is -0.126. The first-order valence-corrected chi connectivity index (χ1v) is 12.9. The number of hydrogen-bond acceptors (Lipinski definition) is 5. The highest BCUT2D eigenvalue weighted by atomic mass is 79.9. The summed E-state index contributed by atoms with van der Waals surface area (Å²) in [4.78, 5) is 36.5. The third kappa shape index (κ3) is 10.9. The number of ether oxygens (including phenoxy) is 1. The van der Waals surface area contributed by atoms with Gasteiger partial charge < -0.3 is 10.1 Å². The molecule has 188 valence electrons. The largest absolute Gasteiger partial charge is 0.422 e. The van der Waals surface area contributed by atoms with Crippen LogP contribution in [0, 0.1) is 6.92 Å². The third-order valence-corrected chi connectivity index (χ3v) is 5.88. The first-order valence-electron chi connectivity index (χ1n) is 12.1. The molecule has 7 nitrogen and oxygen atoms in total. The molecule has 0 saturated carbocycles. The Hall–Kier alpha value is -3.00. The molecule has 0 aliphatic rings. The number of amides is 2. The molecule has 0 unspecified atom stereocenters. The van der Waals surface area contributed by atoms with Crippen molar-refractivity contribution in [1.29, 1.82) is 0 Å². The van der Waals surface area contributed by atoms with E-state index in [0.29, 0.717) is 23.3 Å². The highest BCUT2D eigenvalue weighted by Gasteiger charge is 2.13. The molecule has 0 aliphatic heterocycles. The Morgan fingerprint density at radius 3 is 2.43 bits per heavy atom. The fourth-order valence-electron chi connectivity index (χ4n) is 3.39. The van der Waals surface area contributed by atoms with Crippen LogP contribution in [0.5, 0.6) is 5.75 Å². The van der Waals surface area contributed by atoms with Crippen LogP contribution in [0.2, 0.25) is 0 Å². The number of unbranched alkanes of at least 4 members (excludes halogenated alkanes) is 6. The minimum absolute atomic E-state index is 0.143. The van der Waals surface area contributed by atoms with E-state index < -0.39 is 11.9 Å². The van der Waals surface area contributed by atoms with Gasteiger partial charge in [-0.15, -0.1) is 0 Å². The molecular weight excluding hydrogens is 510 g/mol. The summed E-state index contributed by atoms with van der Waals surface area (Å²) in [5.74, 6) is -0.757. The summed E-state index contributed by atoms with van der Waals surface area (Å²) in [7, 11) is 0. The highest BCUT2D eigenvalue weighted by molar-refractivity contribution is 9.10. The number of aryl methyl sites for hydroxylation is 1. The molecule has 35 heavy (non-hydrogen) atoms. The average Bonchev–Trinajstić information content (AvgIpc) is 2.84. The van der Waals surface area contributed by atoms with E-state index in [1.165, 1.54) is 31.9 Å². The molecule has 2 N–H and O–H groups in total. The lowest BCUT2D eigenvalue weighted by Crippen LogP contribution is -2.34. The molecule has 0 heterocycles. The Kier molecular flexibility index (Phi) is 12.8. The SMILES string of the molecule is CCCCCCCCCC(=O)NCC(=O)N/N=C/c1cc(Br)ccc1OC(=O)c1ccccc1C. The Morgan fingerprint density at radius 2 is 1.69 bits per heavy atom. The summed E-state index contributed by atoms with van der Waals surface area (Å²) in [5.41, 5.74) is 4.17. The zero-order chi connectivity index (χ0) is 25.5. The van der Waals surface area contributed by atoms with E-state index in [4.69, 9.17) is 4.74 Å². The molecule has 0 bridgehead atoms. The Balaban J connectivity index is 1.79. The van der Waals surface area contributed by atoms with Crippen molar-refractivity contribution in [2.24, 2.45) is 5.10 Å². The Morgan fingerprint density at radius 1 is 0.971 bits per heavy atom. The van der Waals surface area contributed by atoms with Crippen molar-refractivity contribution in [1.82, 2.24) is 10.7 Å². The van der Waals surface area contributed by atoms with Crippen LogP contribution in [0.4, 0.5) is 0 Å². The van der Waals surface area contributed by atoms with Crippen molar-refractivity contribution in [3.05, 3.63) is 63.6 Å². The second kappa shape index (κ2) is 15.8. The van der Waals surface area contributed by atoms with Gasteiger partial charge in [-0.1, -0.05) is 79.6 Å². The van der Waals surface area contributed by atoms with E-state index >= 15 is 0 Å². The van der Waals surface area contributed by atoms with Crippen LogP contribution in [-0.4, -0.2) is 30.5 Å². The number of halogens is 1. The quantitative estimate of drug-likeness (QED) is 0.105. The molecule has 2 rings (SSSR count). The van der Waals surface area contributed by atoms with Gasteiger partial charge in [-0.2, -0.15) is 5.10 Å². The molecule has 8 heteroatoms. The molecule has 2 aromatic rings. The Bertz CT molecular complexity index is 1020. The summed E-state index contributed by atoms with van der Waals surface area (Å²) < 4.78 is 6.32. The predicted molar refractivity (Wildman–Crippen MR) is 142 cm³/mol. The molecule has 0 atom stereocenters. The van der Waals surface area contributed by atoms with Crippen LogP contribution in [-0.2, 0) is 9.59 Å². The zero-order valence-electron chi connectivity index (χ0n) is 20.4. The van der Waals surface area contributed by atoms with Crippen LogP contribution < -0.4 is 15.5 Å². The van der Waals surface area contributed by atoms with Crippen LogP contribution in [0.3, 0.4) is 0 Å². The maximum atomic E-state index is 12.6. The van der Waals surface area contributed by atoms with Gasteiger partial charge in [0.05, 0.1) is 18.3 Å². The molecular formula is C27H34BrN3O4. The summed E-state index contributed by atoms with van der Waals surface area (Å²) in [6.07, 6.45) is 9.74. The summed E-state index contributed by atoms with van der Waals surface area (Å²) in [6, 6.07) is 12.3. The number of nitrogens with zero attached hydrogens (tertiary/aromatic N) is 1. The van der Waals surface area contributed by atoms with Crippen molar-refractivity contribution >= 4 is 39.9 Å². The summed E-state index contributed by atoms with van der Waals surface area (Å²) >= 11 is 3.38. The number of rotatable bonds is 14. The van der Waals surface area contributed by atoms with Crippen LogP contribution >= 0.6 is 15.9 Å². The lowest BCUT2D eigenvalue weighted by Gasteiger charge is -2.09. The van der Waals surface area contributed by atoms with Crippen molar-refractivity contribution in [2.45, 2.75) is 65.2 Å². The van der Waals surface area contributed by atoms with E-state index in [1.54, 1.807) is 30.3 Å². The van der Waals surface area contributed by atoms with Gasteiger partial charge in [0.15, 0.2) is 0 Å². The summed E-state index contributed by atoms with van der Waals surface area (Å²) in [6.45, 7) is 3.87. The molecule has 2 aromatic carbocycles. The highest BCUT2D eigenvalue weighted by Crippen LogP contribution is 2.23. The maximum Gasteiger partial charge on any atom is 0.343 e. The fourth-order valence-corrected chi connectivity index (χ4v) is 3.77. The third-order valence-electron chi connectivity index (χ3n) is 5.39. The number of nitrogens with one attached hydrogen (secondary N) is 2. The molecule has 0 spiro atoms. The van der Waals surface area contributed by atoms with E-state index in [1.807, 2.05) is 19.1 Å². The van der Waals surface area contributed by atoms with Gasteiger partial charge in [0, 0.05) is 16.5 Å². The topological polar surface area (TPSA) is 96.9 Å². The minimum Gasteiger partial charge on any atom is -0.422 e. The van der Waals surface area contributed by atoms with Gasteiger partial charge in [0.2, 0.25) is 5.91 Å². The van der Waals surface area contributed by atoms with E-state index in [-0.39, 0.29) is 12.5 Å². The number of carbonyl (C=O) groups excluding carboxylic acids is 3. The van der Waals surface area contributed by atoms with Crippen molar-refractivity contribution < 1.29 is 19.1 Å². The molecule has 0 fully saturated rings. The van der Waals surface area contributed by atoms with Crippen molar-refractivity contribution in [3.63, 3.8) is 0 Å². The first kappa shape index (κ1) is 28.2. The number of hydrogen-bond donors (Lipinski definition) is 2. The minimum atomic E-state index is -0.479. The van der Waals surface area contributed by atoms with Gasteiger partial charge in [0.25, 0.3) is 5.91 Å². The van der Waals surface area contributed by atoms with Crippen LogP contribution in [0.25, 0.3) is 0 Å². The van der Waals surface area contributed by atoms with Crippen molar-refractivity contribution in [2.75, 3.05) is 6.54 Å². The lowest BCUT2D eigenvalue weighted by atomic mass is 10.1. The van der Waals surface area contributed by atoms with E-state index in [0.717, 1.165) is 29.3 Å². The number of esters is 1. The molecule has 2 amide bonds. The number of carbonyl (C=O) groups is 3. The van der Waals surface area contributed by atoms with Gasteiger partial charge in [-0.3, -0.25) is 9.59 Å². The number of hydrazone groups is 1. The van der Waals surface area contributed by atoms with Gasteiger partial charge in [-0.05, 0) is 43.2 Å². The predicted octanol–water partition coefficient (Wildman–Crippen LogP) is 5.68. The van der Waals surface area contributed by atoms with Gasteiger partial charge in [-0.25, -0.2) is 10.2 Å². The standard InChI is InChI=1S/C27H34BrN3O4/c1-3-4-5-6-7-8-9-14-25(32)29-19-26(33)31-30-18-21-17-22(28)15-16-24(21)35-27(34)23-13-11-10-12-20(23)2/h10-13,15-18H,3-9,14,19H2,1-2H3,(H,29,32)(H,31,33)/b30-18+. The van der Waals surface area contributed by atoms with Crippen LogP contribution in [0.1, 0.15) is 79.8 Å². The molecule has 0 saturated heterocycles. The fraction of sp³-hybridized carbons (Fsp3) is 0.407. The molecule has 0 aliphatic carbocycles. The van der Waals surface area contributed by atoms with Crippen LogP contribution in [0.15, 0.2) is 52.0 Å².